The van der Waals surface area contributed by atoms with Crippen molar-refractivity contribution in [3.8, 4) is 11.5 Å². The number of Topliss-reactive ketones (excluding diaryl/α,β-unsaturated/α-hetero) is 1. The molecule has 1 aromatic carbocycles. The molecule has 5 fully saturated rings. The van der Waals surface area contributed by atoms with Gasteiger partial charge in [-0.25, -0.2) is 13.4 Å². The molecule has 60 heavy (non-hydrogen) atoms. The number of carbonyl (C=O) groups excluding carboxylic acids is 4. The first-order valence-electron chi connectivity index (χ1n) is 21.5. The van der Waals surface area contributed by atoms with Crippen LogP contribution in [0.25, 0.3) is 10.9 Å². The molecule has 4 aliphatic carbocycles. The van der Waals surface area contributed by atoms with E-state index in [1.54, 1.807) is 13.0 Å². The van der Waals surface area contributed by atoms with E-state index < -0.39 is 91.3 Å². The van der Waals surface area contributed by atoms with Crippen molar-refractivity contribution in [2.45, 2.75) is 138 Å². The number of aryl methyl sites for hydroxylation is 1. The van der Waals surface area contributed by atoms with Gasteiger partial charge in [0.05, 0.1) is 41.8 Å². The molecule has 1 aromatic heterocycles. The monoisotopic (exact) mass is 855 g/mol. The molecule has 3 aliphatic heterocycles. The summed E-state index contributed by atoms with van der Waals surface area (Å²) in [7, 11) is -2.59. The topological polar surface area (TPSA) is 158 Å². The molecule has 1 unspecified atom stereocenters. The zero-order valence-electron chi connectivity index (χ0n) is 34.0. The Bertz CT molecular complexity index is 2270. The maximum Gasteiger partial charge on any atom is 0.437 e. The van der Waals surface area contributed by atoms with Crippen molar-refractivity contribution in [2.24, 2.45) is 29.1 Å². The van der Waals surface area contributed by atoms with Crippen molar-refractivity contribution >= 4 is 44.5 Å². The van der Waals surface area contributed by atoms with Gasteiger partial charge < -0.3 is 19.1 Å². The van der Waals surface area contributed by atoms with Gasteiger partial charge in [0.15, 0.2) is 17.2 Å². The van der Waals surface area contributed by atoms with Gasteiger partial charge in [0.1, 0.15) is 17.5 Å². The highest BCUT2D eigenvalue weighted by molar-refractivity contribution is 7.91. The number of amides is 2. The summed E-state index contributed by atoms with van der Waals surface area (Å²) in [5.41, 5.74) is -3.65. The van der Waals surface area contributed by atoms with E-state index >= 15 is 0 Å². The van der Waals surface area contributed by atoms with Gasteiger partial charge in [-0.2, -0.15) is 13.2 Å². The number of methoxy groups -OCH3 is 1. The van der Waals surface area contributed by atoms with Gasteiger partial charge in [0.2, 0.25) is 21.8 Å². The normalized spacial score (nSPS) is 33.9. The predicted octanol–water partition coefficient (Wildman–Crippen LogP) is 6.76. The minimum absolute atomic E-state index is 0.114. The number of hydrogen-bond acceptors (Lipinski definition) is 10. The van der Waals surface area contributed by atoms with Crippen molar-refractivity contribution in [2.75, 3.05) is 13.7 Å². The van der Waals surface area contributed by atoms with Gasteiger partial charge in [-0.15, -0.1) is 0 Å². The van der Waals surface area contributed by atoms with Crippen LogP contribution in [0.3, 0.4) is 0 Å². The summed E-state index contributed by atoms with van der Waals surface area (Å²) in [6.45, 7) is 1.33. The van der Waals surface area contributed by atoms with Gasteiger partial charge in [-0.05, 0) is 114 Å². The van der Waals surface area contributed by atoms with Crippen LogP contribution in [0.2, 0.25) is 0 Å². The number of carbonyl (C=O) groups is 4. The molecule has 4 saturated carbocycles. The molecule has 7 aliphatic rings. The summed E-state index contributed by atoms with van der Waals surface area (Å²) in [4.78, 5) is 62.6. The van der Waals surface area contributed by atoms with E-state index in [1.165, 1.54) is 24.1 Å². The largest absolute Gasteiger partial charge is 0.497 e. The first-order valence-corrected chi connectivity index (χ1v) is 22.9. The fourth-order valence-electron chi connectivity index (χ4n) is 10.5. The molecular weight excluding hydrogens is 804 g/mol. The van der Waals surface area contributed by atoms with Crippen LogP contribution < -0.4 is 14.2 Å². The van der Waals surface area contributed by atoms with Crippen molar-refractivity contribution in [3.05, 3.63) is 41.6 Å². The van der Waals surface area contributed by atoms with E-state index in [9.17, 15) is 40.8 Å². The summed E-state index contributed by atoms with van der Waals surface area (Å²) in [5.74, 6) is -2.47. The first kappa shape index (κ1) is 41.2. The number of hydrogen-bond donors (Lipinski definition) is 1. The van der Waals surface area contributed by atoms with Gasteiger partial charge >= 0.3 is 12.1 Å². The third-order valence-corrected chi connectivity index (χ3v) is 16.8. The molecule has 8 atom stereocenters. The van der Waals surface area contributed by atoms with Crippen molar-refractivity contribution in [1.29, 1.82) is 0 Å². The lowest BCUT2D eigenvalue weighted by atomic mass is 9.85. The number of pyridine rings is 1. The molecule has 9 rings (SSSR count). The summed E-state index contributed by atoms with van der Waals surface area (Å²) >= 11 is 0. The minimum Gasteiger partial charge on any atom is -0.497 e. The summed E-state index contributed by atoms with van der Waals surface area (Å²) in [5, 5.41) is 0.432. The maximum atomic E-state index is 14.9. The number of alkyl halides is 3. The standard InChI is InChI=1S/C44H52F3N3O9S/c1-41(14-15-41)60(55,56)49-40(54)43-21-28(43)9-7-5-3-4-6-8-25(19-36(52)58-30-17-26-16-27(26)18-30)39(53)50-24-42(22-34(50)35(51)23-43)13-12-31-32-20-29(57-2)10-11-33(32)48-38(37(31)59-42)44(45,46)47/h7,9-11,20,25-28,30,34H,3-6,8,12-19,21-24H2,1-2H3,(H,49,54)/b9-7-/t25-,26-,27+,28-,30?,34+,42-,43-/m1/s1. The van der Waals surface area contributed by atoms with Crippen LogP contribution >= 0.6 is 0 Å². The SMILES string of the molecule is COc1ccc2nc(C(F)(F)F)c3c(c2c1)CC[C@]1(C[C@H]2C(=O)C[C@]4(C(=O)NS(=O)(=O)C5(C)CC5)C[C@H]4/C=C\CCCCC[C@H](CC(=O)OC4C[C@@H]5C[C@@H]5C4)C(=O)N2C1)O3. The Morgan fingerprint density at radius 3 is 2.53 bits per heavy atom. The number of ether oxygens (including phenoxy) is 3. The molecule has 1 spiro atoms. The number of ketones is 1. The quantitative estimate of drug-likeness (QED) is 0.233. The number of fused-ring (bicyclic) bond motifs is 6. The molecule has 2 amide bonds. The Morgan fingerprint density at radius 1 is 1.05 bits per heavy atom. The number of allylic oxidation sites excluding steroid dienone is 2. The minimum atomic E-state index is -4.90. The van der Waals surface area contributed by atoms with Crippen LogP contribution in [0, 0.1) is 29.1 Å². The molecule has 0 bridgehead atoms. The predicted molar refractivity (Wildman–Crippen MR) is 211 cm³/mol. The molecule has 4 heterocycles. The molecule has 16 heteroatoms. The molecule has 0 radical (unpaired) electrons. The molecule has 1 N–H and O–H groups in total. The lowest BCUT2D eigenvalue weighted by molar-refractivity contribution is -0.154. The first-order chi connectivity index (χ1) is 28.4. The highest BCUT2D eigenvalue weighted by Gasteiger charge is 2.64. The van der Waals surface area contributed by atoms with Gasteiger partial charge in [-0.3, -0.25) is 23.9 Å². The third kappa shape index (κ3) is 7.56. The molecule has 2 aromatic rings. The number of esters is 1. The van der Waals surface area contributed by atoms with Crippen LogP contribution in [0.5, 0.6) is 11.5 Å². The number of aromatic nitrogens is 1. The summed E-state index contributed by atoms with van der Waals surface area (Å²) < 4.78 is 89.9. The second-order valence-electron chi connectivity index (χ2n) is 18.9. The van der Waals surface area contributed by atoms with Gasteiger partial charge in [0, 0.05) is 29.7 Å². The van der Waals surface area contributed by atoms with Crippen LogP contribution in [0.4, 0.5) is 13.2 Å². The van der Waals surface area contributed by atoms with Gasteiger partial charge in [0.25, 0.3) is 0 Å². The van der Waals surface area contributed by atoms with Crippen LogP contribution in [0.15, 0.2) is 30.4 Å². The molecule has 1 saturated heterocycles. The highest BCUT2D eigenvalue weighted by Crippen LogP contribution is 2.58. The summed E-state index contributed by atoms with van der Waals surface area (Å²) in [6, 6.07) is 3.38. The number of nitrogens with zero attached hydrogens (tertiary/aromatic N) is 2. The smallest absolute Gasteiger partial charge is 0.437 e. The van der Waals surface area contributed by atoms with Crippen molar-refractivity contribution in [3.63, 3.8) is 0 Å². The maximum absolute atomic E-state index is 14.9. The Labute approximate surface area is 347 Å². The Hall–Kier alpha value is -4.21. The fraction of sp³-hybridized carbons (Fsp3) is 0.659. The van der Waals surface area contributed by atoms with E-state index in [4.69, 9.17) is 14.2 Å². The molecule has 324 valence electrons. The number of sulfonamides is 1. The van der Waals surface area contributed by atoms with E-state index in [2.05, 4.69) is 9.71 Å². The zero-order valence-corrected chi connectivity index (χ0v) is 34.8. The van der Waals surface area contributed by atoms with E-state index in [1.807, 2.05) is 12.2 Å². The van der Waals surface area contributed by atoms with Gasteiger partial charge in [-0.1, -0.05) is 25.0 Å². The Morgan fingerprint density at radius 2 is 1.82 bits per heavy atom. The van der Waals surface area contributed by atoms with E-state index in [-0.39, 0.29) is 55.8 Å². The van der Waals surface area contributed by atoms with Crippen molar-refractivity contribution < 1.29 is 55.0 Å². The second-order valence-corrected chi connectivity index (χ2v) is 21.1. The number of nitrogens with one attached hydrogen (secondary N) is 1. The van der Waals surface area contributed by atoms with E-state index in [0.717, 1.165) is 32.1 Å². The Balaban J connectivity index is 1.06. The van der Waals surface area contributed by atoms with Crippen LogP contribution in [-0.2, 0) is 46.5 Å². The fourth-order valence-corrected chi connectivity index (χ4v) is 11.8. The third-order valence-electron chi connectivity index (χ3n) is 14.7. The molecule has 12 nitrogen and oxygen atoms in total. The molecular formula is C44H52F3N3O9S. The van der Waals surface area contributed by atoms with Crippen LogP contribution in [0.1, 0.15) is 114 Å². The van der Waals surface area contributed by atoms with Crippen molar-refractivity contribution in [1.82, 2.24) is 14.6 Å². The number of halogens is 3. The Kier molecular flexibility index (Phi) is 10.1. The average molecular weight is 856 g/mol. The summed E-state index contributed by atoms with van der Waals surface area (Å²) in [6.07, 6.45) is 5.13. The zero-order chi connectivity index (χ0) is 42.4. The van der Waals surface area contributed by atoms with E-state index in [0.29, 0.717) is 55.1 Å². The van der Waals surface area contributed by atoms with Crippen LogP contribution in [-0.4, -0.2) is 78.0 Å². The second kappa shape index (κ2) is 14.7. The lowest BCUT2D eigenvalue weighted by Crippen LogP contribution is -2.48. The number of rotatable bonds is 7. The highest BCUT2D eigenvalue weighted by atomic mass is 32.2. The lowest BCUT2D eigenvalue weighted by Gasteiger charge is -2.37. The number of benzene rings is 1. The average Bonchev–Trinajstić information content (AvgIpc) is 4.16.